The van der Waals surface area contributed by atoms with Crippen LogP contribution in [0.4, 0.5) is 0 Å². The molecule has 0 aliphatic carbocycles. The first-order valence-corrected chi connectivity index (χ1v) is 12.2. The molecule has 0 radical (unpaired) electrons. The number of carbonyl (C=O) groups excluding carboxylic acids is 2. The molecule has 1 N–H and O–H groups in total. The predicted octanol–water partition coefficient (Wildman–Crippen LogP) is 6.32. The third-order valence-electron chi connectivity index (χ3n) is 5.09. The first-order chi connectivity index (χ1) is 18.5. The quantitative estimate of drug-likeness (QED) is 0.108. The number of hydrogen-bond donors (Lipinski definition) is 1. The Hall–Kier alpha value is -4.33. The highest BCUT2D eigenvalue weighted by molar-refractivity contribution is 6.36. The molecule has 4 rings (SSSR count). The number of ether oxygens (including phenoxy) is 3. The molecule has 1 amide bonds. The van der Waals surface area contributed by atoms with Gasteiger partial charge >= 0.3 is 5.97 Å². The lowest BCUT2D eigenvalue weighted by Crippen LogP contribution is -2.24. The smallest absolute Gasteiger partial charge is 0.345 e. The first kappa shape index (κ1) is 26.7. The molecule has 0 spiro atoms. The van der Waals surface area contributed by atoms with Gasteiger partial charge in [-0.2, -0.15) is 5.10 Å². The molecular formula is C29H22Cl2N2O5. The Morgan fingerprint density at radius 3 is 2.13 bits per heavy atom. The lowest BCUT2D eigenvalue weighted by atomic mass is 10.2. The van der Waals surface area contributed by atoms with Gasteiger partial charge in [-0.1, -0.05) is 53.5 Å². The van der Waals surface area contributed by atoms with Crippen LogP contribution < -0.4 is 19.6 Å². The van der Waals surface area contributed by atoms with Gasteiger partial charge in [-0.15, -0.1) is 0 Å². The number of hydrazone groups is 1. The van der Waals surface area contributed by atoms with Crippen molar-refractivity contribution in [2.75, 3.05) is 6.61 Å². The number of esters is 1. The second-order valence-corrected chi connectivity index (χ2v) is 8.75. The van der Waals surface area contributed by atoms with Gasteiger partial charge < -0.3 is 14.2 Å². The van der Waals surface area contributed by atoms with Crippen LogP contribution in [-0.2, 0) is 11.4 Å². The summed E-state index contributed by atoms with van der Waals surface area (Å²) in [5.74, 6) is 0.531. The Bertz CT molecular complexity index is 1410. The van der Waals surface area contributed by atoms with E-state index in [9.17, 15) is 9.59 Å². The highest BCUT2D eigenvalue weighted by Gasteiger charge is 2.13. The van der Waals surface area contributed by atoms with Crippen molar-refractivity contribution < 1.29 is 23.8 Å². The molecule has 0 aliphatic heterocycles. The summed E-state index contributed by atoms with van der Waals surface area (Å²) in [5.41, 5.74) is 4.36. The third-order valence-corrected chi connectivity index (χ3v) is 5.63. The molecule has 4 aromatic carbocycles. The maximum absolute atomic E-state index is 12.3. The Morgan fingerprint density at radius 2 is 1.45 bits per heavy atom. The molecule has 0 atom stereocenters. The molecule has 0 heterocycles. The van der Waals surface area contributed by atoms with Gasteiger partial charge in [0.2, 0.25) is 0 Å². The lowest BCUT2D eigenvalue weighted by Gasteiger charge is -2.08. The number of rotatable bonds is 10. The van der Waals surface area contributed by atoms with Crippen molar-refractivity contribution in [3.8, 4) is 17.2 Å². The van der Waals surface area contributed by atoms with Crippen LogP contribution in [0.5, 0.6) is 17.2 Å². The first-order valence-electron chi connectivity index (χ1n) is 11.4. The number of benzene rings is 4. The maximum atomic E-state index is 12.3. The highest BCUT2D eigenvalue weighted by atomic mass is 35.5. The van der Waals surface area contributed by atoms with Gasteiger partial charge in [0, 0.05) is 5.02 Å². The SMILES string of the molecule is O=C(COc1ccc(OCc2ccccc2)cc1)N/N=C/c1ccc(OC(=O)c2ccc(Cl)cc2Cl)cc1. The maximum Gasteiger partial charge on any atom is 0.345 e. The van der Waals surface area contributed by atoms with Crippen LogP contribution in [-0.4, -0.2) is 24.7 Å². The van der Waals surface area contributed by atoms with E-state index in [-0.39, 0.29) is 17.2 Å². The normalized spacial score (nSPS) is 10.7. The number of amides is 1. The van der Waals surface area contributed by atoms with E-state index in [1.807, 2.05) is 30.3 Å². The van der Waals surface area contributed by atoms with Crippen molar-refractivity contribution in [1.82, 2.24) is 5.43 Å². The van der Waals surface area contributed by atoms with E-state index in [2.05, 4.69) is 10.5 Å². The van der Waals surface area contributed by atoms with E-state index in [0.29, 0.717) is 34.4 Å². The van der Waals surface area contributed by atoms with Crippen LogP contribution >= 0.6 is 23.2 Å². The van der Waals surface area contributed by atoms with Crippen LogP contribution in [0.25, 0.3) is 0 Å². The van der Waals surface area contributed by atoms with Crippen LogP contribution in [0.2, 0.25) is 10.0 Å². The summed E-state index contributed by atoms with van der Waals surface area (Å²) in [6.07, 6.45) is 1.46. The van der Waals surface area contributed by atoms with Gasteiger partial charge in [0.25, 0.3) is 5.91 Å². The monoisotopic (exact) mass is 548 g/mol. The minimum atomic E-state index is -0.602. The Balaban J connectivity index is 1.19. The fourth-order valence-electron chi connectivity index (χ4n) is 3.17. The summed E-state index contributed by atoms with van der Waals surface area (Å²) in [5, 5.41) is 4.55. The lowest BCUT2D eigenvalue weighted by molar-refractivity contribution is -0.123. The van der Waals surface area contributed by atoms with E-state index in [1.165, 1.54) is 18.3 Å². The Morgan fingerprint density at radius 1 is 0.789 bits per heavy atom. The van der Waals surface area contributed by atoms with Crippen molar-refractivity contribution >= 4 is 41.3 Å². The van der Waals surface area contributed by atoms with Crippen LogP contribution in [0.15, 0.2) is 102 Å². The van der Waals surface area contributed by atoms with E-state index in [1.54, 1.807) is 54.6 Å². The summed E-state index contributed by atoms with van der Waals surface area (Å²) < 4.78 is 16.5. The van der Waals surface area contributed by atoms with Crippen molar-refractivity contribution in [2.24, 2.45) is 5.10 Å². The van der Waals surface area contributed by atoms with Crippen molar-refractivity contribution in [3.63, 3.8) is 0 Å². The Labute approximate surface area is 229 Å². The van der Waals surface area contributed by atoms with E-state index >= 15 is 0 Å². The number of carbonyl (C=O) groups is 2. The number of hydrogen-bond acceptors (Lipinski definition) is 6. The molecule has 0 saturated heterocycles. The van der Waals surface area contributed by atoms with E-state index in [0.717, 1.165) is 5.56 Å². The van der Waals surface area contributed by atoms with Gasteiger partial charge in [-0.25, -0.2) is 10.2 Å². The Kier molecular flexibility index (Phi) is 9.34. The molecule has 4 aromatic rings. The van der Waals surface area contributed by atoms with Gasteiger partial charge in [0.15, 0.2) is 6.61 Å². The second-order valence-electron chi connectivity index (χ2n) is 7.91. The topological polar surface area (TPSA) is 86.2 Å². The van der Waals surface area contributed by atoms with Gasteiger partial charge in [-0.3, -0.25) is 4.79 Å². The van der Waals surface area contributed by atoms with Gasteiger partial charge in [0.1, 0.15) is 23.9 Å². The van der Waals surface area contributed by atoms with Crippen molar-refractivity contribution in [1.29, 1.82) is 0 Å². The average Bonchev–Trinajstić information content (AvgIpc) is 2.93. The van der Waals surface area contributed by atoms with E-state index < -0.39 is 11.9 Å². The second kappa shape index (κ2) is 13.3. The fraction of sp³-hybridized carbons (Fsp3) is 0.0690. The zero-order valence-corrected chi connectivity index (χ0v) is 21.5. The predicted molar refractivity (Wildman–Crippen MR) is 146 cm³/mol. The standard InChI is InChI=1S/C29H22Cl2N2O5/c30-22-8-15-26(27(31)16-22)29(35)38-25-9-6-20(7-10-25)17-32-33-28(34)19-37-24-13-11-23(12-14-24)36-18-21-4-2-1-3-5-21/h1-17H,18-19H2,(H,33,34)/b32-17+. The molecule has 7 nitrogen and oxygen atoms in total. The van der Waals surface area contributed by atoms with Gasteiger partial charge in [0.05, 0.1) is 16.8 Å². The summed E-state index contributed by atoms with van der Waals surface area (Å²) in [6.45, 7) is 0.261. The largest absolute Gasteiger partial charge is 0.489 e. The van der Waals surface area contributed by atoms with Crippen LogP contribution in [0.3, 0.4) is 0 Å². The van der Waals surface area contributed by atoms with Crippen LogP contribution in [0.1, 0.15) is 21.5 Å². The fourth-order valence-corrected chi connectivity index (χ4v) is 3.66. The summed E-state index contributed by atoms with van der Waals surface area (Å²) >= 11 is 11.9. The molecule has 0 aliphatic rings. The number of nitrogens with one attached hydrogen (secondary N) is 1. The number of nitrogens with zero attached hydrogens (tertiary/aromatic N) is 1. The summed E-state index contributed by atoms with van der Waals surface area (Å²) in [6, 6.07) is 27.9. The third kappa shape index (κ3) is 8.09. The minimum Gasteiger partial charge on any atom is -0.489 e. The minimum absolute atomic E-state index is 0.204. The molecule has 0 bridgehead atoms. The summed E-state index contributed by atoms with van der Waals surface area (Å²) in [4.78, 5) is 24.3. The molecule has 0 saturated carbocycles. The molecule has 0 unspecified atom stereocenters. The molecule has 9 heteroatoms. The average molecular weight is 549 g/mol. The van der Waals surface area contributed by atoms with Gasteiger partial charge in [-0.05, 0) is 77.9 Å². The molecule has 192 valence electrons. The zero-order chi connectivity index (χ0) is 26.7. The molecular weight excluding hydrogens is 527 g/mol. The van der Waals surface area contributed by atoms with Crippen molar-refractivity contribution in [2.45, 2.75) is 6.61 Å². The van der Waals surface area contributed by atoms with Crippen molar-refractivity contribution in [3.05, 3.63) is 124 Å². The van der Waals surface area contributed by atoms with E-state index in [4.69, 9.17) is 37.4 Å². The van der Waals surface area contributed by atoms with Crippen LogP contribution in [0, 0.1) is 0 Å². The summed E-state index contributed by atoms with van der Waals surface area (Å²) in [7, 11) is 0. The number of halogens is 2. The molecule has 0 aromatic heterocycles. The molecule has 38 heavy (non-hydrogen) atoms. The highest BCUT2D eigenvalue weighted by Crippen LogP contribution is 2.23. The molecule has 0 fully saturated rings. The zero-order valence-electron chi connectivity index (χ0n) is 20.0.